The Morgan fingerprint density at radius 2 is 1.71 bits per heavy atom. The minimum atomic E-state index is -1.44. The number of cyclic esters (lactones) is 1. The van der Waals surface area contributed by atoms with Gasteiger partial charge in [0, 0.05) is 55.9 Å². The normalized spacial score (nSPS) is 31.9. The van der Waals surface area contributed by atoms with Crippen molar-refractivity contribution < 1.29 is 58.7 Å². The van der Waals surface area contributed by atoms with Crippen LogP contribution in [0.15, 0.2) is 84.0 Å². The van der Waals surface area contributed by atoms with Crippen molar-refractivity contribution in [1.29, 1.82) is 0 Å². The molecular formula is C60H91N5O12. The monoisotopic (exact) mass is 1070 g/mol. The highest BCUT2D eigenvalue weighted by atomic mass is 16.5. The molecule has 1 fully saturated rings. The molecule has 10 N–H and O–H groups in total. The summed E-state index contributed by atoms with van der Waals surface area (Å²) in [5.74, 6) is -5.35. The Hall–Kier alpha value is -5.46. The number of hydrogen-bond donors (Lipinski definition) is 9. The van der Waals surface area contributed by atoms with E-state index < -0.39 is 89.7 Å². The van der Waals surface area contributed by atoms with Gasteiger partial charge < -0.3 is 61.7 Å². The summed E-state index contributed by atoms with van der Waals surface area (Å²) in [6, 6.07) is 2.89. The smallest absolute Gasteiger partial charge is 0.323 e. The molecule has 17 nitrogen and oxygen atoms in total. The maximum Gasteiger partial charge on any atom is 0.323 e. The molecule has 15 atom stereocenters. The summed E-state index contributed by atoms with van der Waals surface area (Å²) < 4.78 is 12.7. The maximum absolute atomic E-state index is 14.0. The molecule has 3 aliphatic rings. The zero-order chi connectivity index (χ0) is 57.1. The lowest BCUT2D eigenvalue weighted by molar-refractivity contribution is -0.179. The Morgan fingerprint density at radius 3 is 2.39 bits per heavy atom. The van der Waals surface area contributed by atoms with Gasteiger partial charge in [-0.15, -0.1) is 0 Å². The number of Topliss-reactive ketones (excluding diaryl/α,β-unsaturated/α-hetero) is 1. The van der Waals surface area contributed by atoms with Crippen LogP contribution >= 0.6 is 0 Å². The fourth-order valence-corrected chi connectivity index (χ4v) is 10.4. The molecule has 428 valence electrons. The van der Waals surface area contributed by atoms with Gasteiger partial charge in [-0.05, 0) is 106 Å². The van der Waals surface area contributed by atoms with E-state index in [0.717, 1.165) is 24.0 Å². The summed E-state index contributed by atoms with van der Waals surface area (Å²) in [5, 5.41) is 55.9. The van der Waals surface area contributed by atoms with E-state index in [-0.39, 0.29) is 92.3 Å². The van der Waals surface area contributed by atoms with Crippen LogP contribution in [0.2, 0.25) is 0 Å². The van der Waals surface area contributed by atoms with Crippen LogP contribution in [-0.4, -0.2) is 117 Å². The van der Waals surface area contributed by atoms with Crippen LogP contribution in [-0.2, 0) is 44.7 Å². The molecule has 0 radical (unpaired) electrons. The van der Waals surface area contributed by atoms with Crippen LogP contribution < -0.4 is 27.0 Å². The molecular weight excluding hydrogens is 983 g/mol. The third-order valence-corrected chi connectivity index (χ3v) is 15.8. The molecule has 0 saturated carbocycles. The third kappa shape index (κ3) is 18.9. The van der Waals surface area contributed by atoms with E-state index in [4.69, 9.17) is 15.2 Å². The van der Waals surface area contributed by atoms with Crippen molar-refractivity contribution >= 4 is 35.4 Å². The molecule has 1 saturated heterocycles. The summed E-state index contributed by atoms with van der Waals surface area (Å²) in [6.07, 6.45) is 13.9. The molecule has 17 heteroatoms. The Labute approximate surface area is 457 Å². The van der Waals surface area contributed by atoms with Gasteiger partial charge in [-0.2, -0.15) is 0 Å². The molecule has 77 heavy (non-hydrogen) atoms. The summed E-state index contributed by atoms with van der Waals surface area (Å²) in [4.78, 5) is 80.5. The number of esters is 1. The molecule has 4 rings (SSSR count). The van der Waals surface area contributed by atoms with Crippen LogP contribution in [0.25, 0.3) is 0 Å². The Bertz CT molecular complexity index is 2310. The fraction of sp³-hybridized carbons (Fsp3) is 0.633. The van der Waals surface area contributed by atoms with Crippen LogP contribution in [0.3, 0.4) is 0 Å². The fourth-order valence-electron chi connectivity index (χ4n) is 10.4. The predicted octanol–water partition coefficient (Wildman–Crippen LogP) is 6.08. The number of carbonyl (C=O) groups excluding carboxylic acids is 6. The number of nitrogens with one attached hydrogen (secondary N) is 4. The number of allylic oxidation sites excluding steroid dienone is 5. The van der Waals surface area contributed by atoms with Gasteiger partial charge in [0.1, 0.15) is 35.8 Å². The third-order valence-electron chi connectivity index (χ3n) is 15.8. The molecule has 1 aromatic carbocycles. The minimum Gasteiger partial charge on any atom is -0.508 e. The van der Waals surface area contributed by atoms with Crippen LogP contribution in [0.1, 0.15) is 139 Å². The Kier molecular flexibility index (Phi) is 25.5. The minimum absolute atomic E-state index is 0.00741. The number of benzene rings is 1. The van der Waals surface area contributed by atoms with Crippen molar-refractivity contribution in [3.05, 3.63) is 89.6 Å². The van der Waals surface area contributed by atoms with Crippen molar-refractivity contribution in [3.63, 3.8) is 0 Å². The molecule has 0 unspecified atom stereocenters. The number of carbonyl (C=O) groups is 6. The second-order valence-electron chi connectivity index (χ2n) is 22.4. The van der Waals surface area contributed by atoms with Gasteiger partial charge in [0.25, 0.3) is 0 Å². The van der Waals surface area contributed by atoms with Gasteiger partial charge in [0.15, 0.2) is 5.72 Å². The molecule has 0 aliphatic carbocycles. The van der Waals surface area contributed by atoms with E-state index in [9.17, 15) is 49.2 Å². The van der Waals surface area contributed by atoms with Gasteiger partial charge in [-0.1, -0.05) is 109 Å². The topological polar surface area (TPSA) is 276 Å². The van der Waals surface area contributed by atoms with Crippen molar-refractivity contribution in [2.45, 2.75) is 194 Å². The average molecular weight is 1070 g/mol. The van der Waals surface area contributed by atoms with Crippen molar-refractivity contribution in [1.82, 2.24) is 21.3 Å². The number of amides is 4. The van der Waals surface area contributed by atoms with Gasteiger partial charge in [0.05, 0.1) is 30.3 Å². The highest BCUT2D eigenvalue weighted by molar-refractivity contribution is 5.93. The zero-order valence-corrected chi connectivity index (χ0v) is 47.2. The number of aliphatic hydroxyl groups excluding tert-OH is 3. The predicted molar refractivity (Wildman–Crippen MR) is 296 cm³/mol. The number of aromatic hydroxyl groups is 1. The quantitative estimate of drug-likeness (QED) is 0.0548. The lowest BCUT2D eigenvalue weighted by Gasteiger charge is -2.51. The van der Waals surface area contributed by atoms with Crippen molar-refractivity contribution in [2.24, 2.45) is 47.2 Å². The van der Waals surface area contributed by atoms with E-state index in [1.165, 1.54) is 25.1 Å². The molecule has 4 amide bonds. The molecule has 3 aliphatic heterocycles. The summed E-state index contributed by atoms with van der Waals surface area (Å²) in [5.41, 5.74) is 7.76. The van der Waals surface area contributed by atoms with E-state index in [0.29, 0.717) is 24.8 Å². The average Bonchev–Trinajstić information content (AvgIpc) is 3.39. The van der Waals surface area contributed by atoms with Gasteiger partial charge in [-0.25, -0.2) is 0 Å². The largest absolute Gasteiger partial charge is 0.508 e. The van der Waals surface area contributed by atoms with Gasteiger partial charge >= 0.3 is 5.97 Å². The first-order valence-corrected chi connectivity index (χ1v) is 27.9. The number of hydrogen-bond acceptors (Lipinski definition) is 13. The summed E-state index contributed by atoms with van der Waals surface area (Å²) >= 11 is 0. The Balaban J connectivity index is 1.50. The van der Waals surface area contributed by atoms with Gasteiger partial charge in [-0.3, -0.25) is 24.0 Å². The molecule has 1 aromatic rings. The number of phenols is 1. The first-order valence-electron chi connectivity index (χ1n) is 27.9. The summed E-state index contributed by atoms with van der Waals surface area (Å²) in [7, 11) is 0. The number of ether oxygens (including phenoxy) is 2. The molecule has 0 aromatic heterocycles. The number of ketones is 1. The lowest BCUT2D eigenvalue weighted by atomic mass is 9.75. The van der Waals surface area contributed by atoms with E-state index >= 15 is 0 Å². The SMILES string of the molecule is CC[C@H]1C[C@H](C)[C@]2(NC1=O)O[C@@H](C[C@H](O)[C@@H](C)CCC=CC=C(C)[C@@H]1CC=CC=C[C@H](O)[C@H](C)[C@@H](O)[C@@H](CCC(C)=O)C(=O)N[C@@H](C(C)C)C(=O)N[C@@H](Cc3cccc(O)c3)C(=O)NCCC[C@H](N)C(=O)O1)[C@H](C)C=C2C. The first kappa shape index (κ1) is 64.1. The molecule has 0 bridgehead atoms. The van der Waals surface area contributed by atoms with Crippen LogP contribution in [0, 0.1) is 41.4 Å². The maximum atomic E-state index is 14.0. The van der Waals surface area contributed by atoms with Gasteiger partial charge in [0.2, 0.25) is 23.6 Å². The number of aliphatic hydroxyl groups is 3. The molecule has 1 spiro atoms. The highest BCUT2D eigenvalue weighted by Gasteiger charge is 2.51. The zero-order valence-electron chi connectivity index (χ0n) is 47.2. The van der Waals surface area contributed by atoms with E-state index in [1.807, 2.05) is 45.9 Å². The summed E-state index contributed by atoms with van der Waals surface area (Å²) in [6.45, 7) is 18.5. The number of nitrogens with two attached hydrogens (primary N) is 1. The number of phenolic OH excluding ortho intramolecular Hbond substituents is 1. The second-order valence-corrected chi connectivity index (χ2v) is 22.4. The van der Waals surface area contributed by atoms with E-state index in [1.54, 1.807) is 51.1 Å². The van der Waals surface area contributed by atoms with Crippen LogP contribution in [0.4, 0.5) is 0 Å². The molecule has 3 heterocycles. The van der Waals surface area contributed by atoms with Crippen molar-refractivity contribution in [3.8, 4) is 5.75 Å². The number of piperidine rings is 1. The Morgan fingerprint density at radius 1 is 0.987 bits per heavy atom. The highest BCUT2D eigenvalue weighted by Crippen LogP contribution is 2.43. The standard InChI is InChI=1S/C60H91N5O12/c1-11-44-31-40(8)60(65-55(44)71)39(7)30-38(6)52(77-60)34-50(69)36(4)20-14-12-15-21-37(5)51-26-17-13-16-25-49(68)42(10)54(70)46(28-27-41(9)66)56(72)64-53(35(2)3)58(74)63-48(33-43-22-18-23-45(67)32-43)57(73)62-29-19-24-47(61)59(75)76-51/h12-13,15-18,21-23,25,30,32,35-36,38,40,42,44,46-54,67-70H,11,14,19-20,24,26-29,31,33-34,61H2,1-10H3,(H,62,73)(H,63,74)(H,64,72)(H,65,71)/t36-,38+,40-,42-,44-,46+,47-,48-,49-,50-,51-,52-,53-,54+,60+/m0/s1. The van der Waals surface area contributed by atoms with Crippen molar-refractivity contribution in [2.75, 3.05) is 6.54 Å². The number of rotatable bonds is 15. The lowest BCUT2D eigenvalue weighted by Crippen LogP contribution is -2.64. The van der Waals surface area contributed by atoms with E-state index in [2.05, 4.69) is 41.2 Å². The second kappa shape index (κ2) is 30.6. The van der Waals surface area contributed by atoms with Crippen LogP contribution in [0.5, 0.6) is 5.75 Å². The first-order chi connectivity index (χ1) is 36.4.